The van der Waals surface area contributed by atoms with Crippen molar-refractivity contribution in [2.24, 2.45) is 0 Å². The number of aryl methyl sites for hydroxylation is 1. The maximum atomic E-state index is 11.4. The third-order valence-electron chi connectivity index (χ3n) is 2.68. The lowest BCUT2D eigenvalue weighted by Crippen LogP contribution is -2.13. The van der Waals surface area contributed by atoms with Crippen LogP contribution in [0.15, 0.2) is 35.1 Å². The van der Waals surface area contributed by atoms with E-state index in [-0.39, 0.29) is 5.56 Å². The van der Waals surface area contributed by atoms with Gasteiger partial charge in [0.2, 0.25) is 0 Å². The Labute approximate surface area is 110 Å². The van der Waals surface area contributed by atoms with Gasteiger partial charge in [0.25, 0.3) is 5.56 Å². The van der Waals surface area contributed by atoms with Crippen molar-refractivity contribution >= 4 is 5.82 Å². The third kappa shape index (κ3) is 3.42. The molecule has 0 aliphatic heterocycles. The van der Waals surface area contributed by atoms with E-state index < -0.39 is 0 Å². The summed E-state index contributed by atoms with van der Waals surface area (Å²) in [6.45, 7) is 2.49. The highest BCUT2D eigenvalue weighted by Crippen LogP contribution is 2.06. The number of hydrogen-bond donors (Lipinski definition) is 2. The Morgan fingerprint density at radius 3 is 2.74 bits per heavy atom. The van der Waals surface area contributed by atoms with Gasteiger partial charge in [0.05, 0.1) is 11.6 Å². The molecule has 1 aromatic carbocycles. The van der Waals surface area contributed by atoms with Crippen LogP contribution in [0.4, 0.5) is 5.82 Å². The first-order valence-corrected chi connectivity index (χ1v) is 6.04. The summed E-state index contributed by atoms with van der Waals surface area (Å²) in [5.74, 6) is 1.22. The molecule has 0 bridgehead atoms. The molecule has 0 atom stereocenters. The van der Waals surface area contributed by atoms with Gasteiger partial charge in [0.1, 0.15) is 11.6 Å². The molecule has 0 saturated heterocycles. The van der Waals surface area contributed by atoms with Gasteiger partial charge in [0.15, 0.2) is 0 Å². The average Bonchev–Trinajstić information content (AvgIpc) is 2.45. The van der Waals surface area contributed by atoms with E-state index in [0.717, 1.165) is 5.56 Å². The van der Waals surface area contributed by atoms with Crippen molar-refractivity contribution < 1.29 is 0 Å². The molecular formula is C14H14N4O. The van der Waals surface area contributed by atoms with Crippen LogP contribution in [0, 0.1) is 11.3 Å². The third-order valence-corrected chi connectivity index (χ3v) is 2.68. The van der Waals surface area contributed by atoms with Crippen molar-refractivity contribution in [2.75, 3.05) is 5.32 Å². The second-order valence-electron chi connectivity index (χ2n) is 4.09. The van der Waals surface area contributed by atoms with Crippen LogP contribution in [-0.2, 0) is 13.0 Å². The lowest BCUT2D eigenvalue weighted by atomic mass is 10.1. The Balaban J connectivity index is 2.07. The van der Waals surface area contributed by atoms with E-state index in [2.05, 4.69) is 21.4 Å². The highest BCUT2D eigenvalue weighted by Gasteiger charge is 2.00. The zero-order valence-corrected chi connectivity index (χ0v) is 10.6. The molecule has 0 aliphatic rings. The van der Waals surface area contributed by atoms with Gasteiger partial charge in [0, 0.05) is 19.0 Å². The summed E-state index contributed by atoms with van der Waals surface area (Å²) in [5, 5.41) is 11.8. The van der Waals surface area contributed by atoms with Crippen LogP contribution in [0.3, 0.4) is 0 Å². The first-order chi connectivity index (χ1) is 9.21. The fraction of sp³-hybridized carbons (Fsp3) is 0.214. The molecule has 0 unspecified atom stereocenters. The minimum absolute atomic E-state index is 0.158. The molecule has 0 saturated carbocycles. The van der Waals surface area contributed by atoms with E-state index in [1.807, 2.05) is 19.1 Å². The number of hydrogen-bond acceptors (Lipinski definition) is 4. The molecule has 1 aromatic heterocycles. The number of nitriles is 1. The number of nitrogens with zero attached hydrogens (tertiary/aromatic N) is 2. The molecule has 0 fully saturated rings. The van der Waals surface area contributed by atoms with Gasteiger partial charge in [-0.3, -0.25) is 4.79 Å². The molecule has 0 radical (unpaired) electrons. The average molecular weight is 254 g/mol. The van der Waals surface area contributed by atoms with E-state index in [4.69, 9.17) is 5.26 Å². The summed E-state index contributed by atoms with van der Waals surface area (Å²) >= 11 is 0. The summed E-state index contributed by atoms with van der Waals surface area (Å²) in [6, 6.07) is 10.8. The Hall–Kier alpha value is -2.61. The fourth-order valence-electron chi connectivity index (χ4n) is 1.66. The highest BCUT2D eigenvalue weighted by molar-refractivity contribution is 5.36. The topological polar surface area (TPSA) is 81.6 Å². The van der Waals surface area contributed by atoms with E-state index in [0.29, 0.717) is 30.2 Å². The Morgan fingerprint density at radius 1 is 1.37 bits per heavy atom. The fourth-order valence-corrected chi connectivity index (χ4v) is 1.66. The second kappa shape index (κ2) is 5.83. The van der Waals surface area contributed by atoms with Gasteiger partial charge in [-0.15, -0.1) is 0 Å². The molecule has 0 aliphatic carbocycles. The molecule has 96 valence electrons. The standard InChI is InChI=1S/C14H14N4O/c1-2-12-17-13(7-14(19)18-12)16-9-11-5-3-10(8-15)4-6-11/h3-7H,2,9H2,1H3,(H2,16,17,18,19). The Morgan fingerprint density at radius 2 is 2.11 bits per heavy atom. The molecule has 5 heteroatoms. The van der Waals surface area contributed by atoms with Crippen LogP contribution in [0.5, 0.6) is 0 Å². The van der Waals surface area contributed by atoms with Crippen LogP contribution in [0.25, 0.3) is 0 Å². The van der Waals surface area contributed by atoms with Crippen LogP contribution < -0.4 is 10.9 Å². The lowest BCUT2D eigenvalue weighted by Gasteiger charge is -2.06. The molecule has 2 rings (SSSR count). The molecule has 0 amide bonds. The van der Waals surface area contributed by atoms with Crippen LogP contribution in [0.2, 0.25) is 0 Å². The summed E-state index contributed by atoms with van der Waals surface area (Å²) in [5.41, 5.74) is 1.50. The van der Waals surface area contributed by atoms with Crippen LogP contribution in [0.1, 0.15) is 23.9 Å². The van der Waals surface area contributed by atoms with E-state index in [1.54, 1.807) is 12.1 Å². The molecule has 0 spiro atoms. The van der Waals surface area contributed by atoms with Crippen LogP contribution >= 0.6 is 0 Å². The van der Waals surface area contributed by atoms with Crippen molar-refractivity contribution in [3.63, 3.8) is 0 Å². The van der Waals surface area contributed by atoms with Crippen molar-refractivity contribution in [1.29, 1.82) is 5.26 Å². The summed E-state index contributed by atoms with van der Waals surface area (Å²) in [6.07, 6.45) is 0.682. The van der Waals surface area contributed by atoms with Gasteiger partial charge in [-0.25, -0.2) is 4.98 Å². The number of anilines is 1. The molecule has 1 heterocycles. The summed E-state index contributed by atoms with van der Waals surface area (Å²) < 4.78 is 0. The predicted molar refractivity (Wildman–Crippen MR) is 72.7 cm³/mol. The molecule has 2 N–H and O–H groups in total. The molecule has 19 heavy (non-hydrogen) atoms. The van der Waals surface area contributed by atoms with E-state index >= 15 is 0 Å². The lowest BCUT2D eigenvalue weighted by molar-refractivity contribution is 0.914. The molecular weight excluding hydrogens is 240 g/mol. The van der Waals surface area contributed by atoms with E-state index in [1.165, 1.54) is 6.07 Å². The van der Waals surface area contributed by atoms with Crippen LogP contribution in [-0.4, -0.2) is 9.97 Å². The Bertz CT molecular complexity index is 652. The first-order valence-electron chi connectivity index (χ1n) is 6.04. The number of nitrogens with one attached hydrogen (secondary N) is 2. The second-order valence-corrected chi connectivity index (χ2v) is 4.09. The van der Waals surface area contributed by atoms with Gasteiger partial charge < -0.3 is 10.3 Å². The van der Waals surface area contributed by atoms with Crippen molar-refractivity contribution in [1.82, 2.24) is 9.97 Å². The number of aromatic amines is 1. The van der Waals surface area contributed by atoms with Crippen molar-refractivity contribution in [3.8, 4) is 6.07 Å². The zero-order valence-electron chi connectivity index (χ0n) is 10.6. The van der Waals surface area contributed by atoms with E-state index in [9.17, 15) is 4.79 Å². The summed E-state index contributed by atoms with van der Waals surface area (Å²) in [4.78, 5) is 18.3. The monoisotopic (exact) mass is 254 g/mol. The first kappa shape index (κ1) is 12.8. The van der Waals surface area contributed by atoms with Gasteiger partial charge in [-0.1, -0.05) is 19.1 Å². The van der Waals surface area contributed by atoms with Gasteiger partial charge >= 0.3 is 0 Å². The normalized spacial score (nSPS) is 9.89. The Kier molecular flexibility index (Phi) is 3.94. The number of H-pyrrole nitrogens is 1. The highest BCUT2D eigenvalue weighted by atomic mass is 16.1. The minimum atomic E-state index is -0.158. The zero-order chi connectivity index (χ0) is 13.7. The largest absolute Gasteiger partial charge is 0.366 e. The summed E-state index contributed by atoms with van der Waals surface area (Å²) in [7, 11) is 0. The molecule has 5 nitrogen and oxygen atoms in total. The SMILES string of the molecule is CCc1nc(NCc2ccc(C#N)cc2)cc(=O)[nH]1. The number of aromatic nitrogens is 2. The smallest absolute Gasteiger partial charge is 0.252 e. The van der Waals surface area contributed by atoms with Gasteiger partial charge in [-0.05, 0) is 17.7 Å². The molecule has 2 aromatic rings. The maximum Gasteiger partial charge on any atom is 0.252 e. The maximum absolute atomic E-state index is 11.4. The van der Waals surface area contributed by atoms with Gasteiger partial charge in [-0.2, -0.15) is 5.26 Å². The predicted octanol–water partition coefficient (Wildman–Crippen LogP) is 1.82. The van der Waals surface area contributed by atoms with Crippen molar-refractivity contribution in [3.05, 3.63) is 57.6 Å². The van der Waals surface area contributed by atoms with Crippen molar-refractivity contribution in [2.45, 2.75) is 19.9 Å². The number of rotatable bonds is 4. The number of benzene rings is 1. The quantitative estimate of drug-likeness (QED) is 0.871. The minimum Gasteiger partial charge on any atom is -0.366 e.